The van der Waals surface area contributed by atoms with Crippen LogP contribution in [0.1, 0.15) is 46.6 Å². The van der Waals surface area contributed by atoms with Crippen molar-refractivity contribution < 1.29 is 19.2 Å². The third kappa shape index (κ3) is 5.99. The number of carbonyl (C=O) groups excluding carboxylic acids is 4. The van der Waals surface area contributed by atoms with Gasteiger partial charge in [0.05, 0.1) is 24.7 Å². The number of piperazine rings is 1. The first kappa shape index (κ1) is 27.7. The maximum Gasteiger partial charge on any atom is 0.243 e. The Morgan fingerprint density at radius 2 is 2.00 bits per heavy atom. The second kappa shape index (κ2) is 12.1. The fourth-order valence-corrected chi connectivity index (χ4v) is 6.44. The molecule has 4 heterocycles. The lowest BCUT2D eigenvalue weighted by atomic mass is 9.95. The van der Waals surface area contributed by atoms with Gasteiger partial charge < -0.3 is 31.9 Å². The minimum absolute atomic E-state index is 0.0379. The summed E-state index contributed by atoms with van der Waals surface area (Å²) >= 11 is 1.21. The Balaban J connectivity index is 1.21. The molecule has 5 rings (SSSR count). The molecule has 2 fully saturated rings. The summed E-state index contributed by atoms with van der Waals surface area (Å²) < 4.78 is 0. The molecule has 40 heavy (non-hydrogen) atoms. The molecule has 2 aromatic rings. The summed E-state index contributed by atoms with van der Waals surface area (Å²) in [6, 6.07) is 5.90. The lowest BCUT2D eigenvalue weighted by Crippen LogP contribution is -2.62. The van der Waals surface area contributed by atoms with Crippen LogP contribution in [0.15, 0.2) is 40.8 Å². The predicted molar refractivity (Wildman–Crippen MR) is 149 cm³/mol. The number of hydrogen-bond donors (Lipinski definition) is 4. The van der Waals surface area contributed by atoms with Gasteiger partial charge >= 0.3 is 0 Å². The van der Waals surface area contributed by atoms with Crippen molar-refractivity contribution in [1.82, 2.24) is 25.4 Å². The average Bonchev–Trinajstić information content (AvgIpc) is 3.64. The zero-order chi connectivity index (χ0) is 28.2. The topological polar surface area (TPSA) is 176 Å². The van der Waals surface area contributed by atoms with E-state index in [2.05, 4.69) is 20.6 Å². The van der Waals surface area contributed by atoms with Crippen LogP contribution in [0.25, 0.3) is 0 Å². The molecule has 3 aliphatic heterocycles. The van der Waals surface area contributed by atoms with Gasteiger partial charge in [-0.2, -0.15) is 0 Å². The van der Waals surface area contributed by atoms with Crippen LogP contribution in [0.3, 0.4) is 0 Å². The first-order chi connectivity index (χ1) is 19.3. The fraction of sp³-hybridized carbons (Fsp3) is 0.481. The van der Waals surface area contributed by atoms with E-state index in [1.54, 1.807) is 21.4 Å². The summed E-state index contributed by atoms with van der Waals surface area (Å²) in [5.74, 6) is -1.05. The SMILES string of the molecule is NC(N)=NCCCC(NC(=O)[C@@H]1CC[C@H]2CN(C(=O)C3Cc4ccccc4CN3)CC(=O)N21)C(=O)c1nccs1. The molecule has 13 heteroatoms. The highest BCUT2D eigenvalue weighted by molar-refractivity contribution is 7.11. The molecule has 1 aromatic carbocycles. The normalized spacial score (nSPS) is 22.7. The van der Waals surface area contributed by atoms with Gasteiger partial charge in [-0.1, -0.05) is 24.3 Å². The molecule has 3 amide bonds. The standard InChI is InChI=1S/C27H34N8O4S/c28-27(29)31-9-3-6-19(23(37)25-30-10-11-40-25)33-24(38)21-8-7-18-14-34(15-22(36)35(18)21)26(39)20-12-16-4-1-2-5-17(16)13-32-20/h1-2,4-5,10-11,18-21,32H,3,6-9,12-15H2,(H,33,38)(H4,28,29,31)/t18-,19?,20?,21-/m0/s1. The van der Waals surface area contributed by atoms with Crippen LogP contribution in [0.4, 0.5) is 0 Å². The zero-order valence-corrected chi connectivity index (χ0v) is 22.9. The van der Waals surface area contributed by atoms with E-state index in [1.165, 1.54) is 16.9 Å². The molecule has 0 aliphatic carbocycles. The molecule has 1 aromatic heterocycles. The van der Waals surface area contributed by atoms with E-state index in [9.17, 15) is 19.2 Å². The van der Waals surface area contributed by atoms with Gasteiger partial charge in [0.2, 0.25) is 23.5 Å². The van der Waals surface area contributed by atoms with E-state index in [0.717, 1.165) is 5.56 Å². The molecule has 12 nitrogen and oxygen atoms in total. The minimum atomic E-state index is -0.815. The van der Waals surface area contributed by atoms with Crippen molar-refractivity contribution in [3.8, 4) is 0 Å². The molecule has 3 aliphatic rings. The molecule has 0 spiro atoms. The maximum absolute atomic E-state index is 13.4. The summed E-state index contributed by atoms with van der Waals surface area (Å²) in [6.45, 7) is 1.24. The number of benzene rings is 1. The second-order valence-corrected chi connectivity index (χ2v) is 11.3. The number of Topliss-reactive ketones (excluding diaryl/α,β-unsaturated/α-hetero) is 1. The van der Waals surface area contributed by atoms with Gasteiger partial charge in [-0.15, -0.1) is 11.3 Å². The van der Waals surface area contributed by atoms with Gasteiger partial charge in [0.15, 0.2) is 11.0 Å². The number of thiazole rings is 1. The minimum Gasteiger partial charge on any atom is -0.370 e. The summed E-state index contributed by atoms with van der Waals surface area (Å²) in [7, 11) is 0. The Morgan fingerprint density at radius 1 is 1.20 bits per heavy atom. The molecule has 0 radical (unpaired) electrons. The molecule has 2 saturated heterocycles. The Kier molecular flexibility index (Phi) is 8.40. The number of ketones is 1. The van der Waals surface area contributed by atoms with E-state index in [4.69, 9.17) is 11.5 Å². The van der Waals surface area contributed by atoms with Gasteiger partial charge in [-0.25, -0.2) is 4.98 Å². The first-order valence-corrected chi connectivity index (χ1v) is 14.4. The van der Waals surface area contributed by atoms with E-state index >= 15 is 0 Å². The third-order valence-electron chi connectivity index (χ3n) is 7.76. The van der Waals surface area contributed by atoms with Crippen molar-refractivity contribution in [2.24, 2.45) is 16.5 Å². The quantitative estimate of drug-likeness (QED) is 0.139. The number of nitrogens with zero attached hydrogens (tertiary/aromatic N) is 4. The fourth-order valence-electron chi connectivity index (χ4n) is 5.81. The number of guanidine groups is 1. The average molecular weight is 567 g/mol. The van der Waals surface area contributed by atoms with E-state index in [1.807, 2.05) is 24.3 Å². The molecule has 4 atom stereocenters. The van der Waals surface area contributed by atoms with Crippen LogP contribution in [-0.2, 0) is 27.3 Å². The Morgan fingerprint density at radius 3 is 2.75 bits per heavy atom. The van der Waals surface area contributed by atoms with Crippen LogP contribution in [0.2, 0.25) is 0 Å². The number of nitrogens with two attached hydrogens (primary N) is 2. The van der Waals surface area contributed by atoms with Crippen molar-refractivity contribution in [3.63, 3.8) is 0 Å². The highest BCUT2D eigenvalue weighted by Crippen LogP contribution is 2.29. The molecule has 212 valence electrons. The molecular formula is C27H34N8O4S. The monoisotopic (exact) mass is 566 g/mol. The van der Waals surface area contributed by atoms with Crippen molar-refractivity contribution >= 4 is 40.8 Å². The van der Waals surface area contributed by atoms with Gasteiger partial charge in [-0.05, 0) is 43.2 Å². The summed E-state index contributed by atoms with van der Waals surface area (Å²) in [6.07, 6.45) is 3.99. The van der Waals surface area contributed by atoms with E-state index in [0.29, 0.717) is 56.7 Å². The largest absolute Gasteiger partial charge is 0.370 e. The number of aliphatic imine (C=N–C) groups is 1. The van der Waals surface area contributed by atoms with Crippen LogP contribution >= 0.6 is 11.3 Å². The second-order valence-electron chi connectivity index (χ2n) is 10.4. The highest BCUT2D eigenvalue weighted by Gasteiger charge is 2.47. The summed E-state index contributed by atoms with van der Waals surface area (Å²) in [5.41, 5.74) is 13.1. The number of fused-ring (bicyclic) bond motifs is 2. The van der Waals surface area contributed by atoms with E-state index < -0.39 is 12.1 Å². The molecule has 0 saturated carbocycles. The van der Waals surface area contributed by atoms with Gasteiger partial charge in [0.1, 0.15) is 6.04 Å². The van der Waals surface area contributed by atoms with Crippen LogP contribution in [0.5, 0.6) is 0 Å². The molecule has 0 bridgehead atoms. The number of rotatable bonds is 9. The van der Waals surface area contributed by atoms with E-state index in [-0.39, 0.29) is 48.1 Å². The summed E-state index contributed by atoms with van der Waals surface area (Å²) in [4.78, 5) is 64.4. The molecule has 2 unspecified atom stereocenters. The van der Waals surface area contributed by atoms with Crippen molar-refractivity contribution in [2.75, 3.05) is 19.6 Å². The van der Waals surface area contributed by atoms with Gasteiger partial charge in [0, 0.05) is 31.2 Å². The van der Waals surface area contributed by atoms with Crippen molar-refractivity contribution in [3.05, 3.63) is 52.0 Å². The molecular weight excluding hydrogens is 532 g/mol. The van der Waals surface area contributed by atoms with Gasteiger partial charge in [-0.3, -0.25) is 24.2 Å². The predicted octanol–water partition coefficient (Wildman–Crippen LogP) is -0.219. The van der Waals surface area contributed by atoms with Crippen molar-refractivity contribution in [2.45, 2.75) is 62.8 Å². The van der Waals surface area contributed by atoms with Crippen LogP contribution in [0, 0.1) is 0 Å². The number of carbonyl (C=O) groups is 4. The smallest absolute Gasteiger partial charge is 0.243 e. The maximum atomic E-state index is 13.4. The summed E-state index contributed by atoms with van der Waals surface area (Å²) in [5, 5.41) is 8.18. The van der Waals surface area contributed by atoms with Crippen LogP contribution < -0.4 is 22.1 Å². The van der Waals surface area contributed by atoms with Crippen molar-refractivity contribution in [1.29, 1.82) is 0 Å². The number of hydrogen-bond acceptors (Lipinski definition) is 8. The highest BCUT2D eigenvalue weighted by atomic mass is 32.1. The molecule has 6 N–H and O–H groups in total. The number of nitrogens with one attached hydrogen (secondary N) is 2. The zero-order valence-electron chi connectivity index (χ0n) is 22.1. The number of amides is 3. The number of aromatic nitrogens is 1. The Labute approximate surface area is 236 Å². The Bertz CT molecular complexity index is 1300. The Hall–Kier alpha value is -3.84. The lowest BCUT2D eigenvalue weighted by Gasteiger charge is -2.41. The van der Waals surface area contributed by atoms with Crippen LogP contribution in [-0.4, -0.2) is 88.0 Å². The van der Waals surface area contributed by atoms with Gasteiger partial charge in [0.25, 0.3) is 0 Å². The lowest BCUT2D eigenvalue weighted by molar-refractivity contribution is -0.152. The third-order valence-corrected chi connectivity index (χ3v) is 8.55. The first-order valence-electron chi connectivity index (χ1n) is 13.5.